The second kappa shape index (κ2) is 6.55. The summed E-state index contributed by atoms with van der Waals surface area (Å²) in [5, 5.41) is 0. The Morgan fingerprint density at radius 3 is 2.25 bits per heavy atom. The molecule has 2 aromatic rings. The maximum absolute atomic E-state index is 6.35. The molecule has 0 saturated heterocycles. The molecule has 0 saturated carbocycles. The third-order valence-corrected chi connectivity index (χ3v) is 4.34. The smallest absolute Gasteiger partial charge is 0.0347 e. The van der Waals surface area contributed by atoms with Gasteiger partial charge in [0.15, 0.2) is 0 Å². The summed E-state index contributed by atoms with van der Waals surface area (Å²) >= 11 is 3.61. The van der Waals surface area contributed by atoms with Crippen molar-refractivity contribution in [3.63, 3.8) is 0 Å². The Hall–Kier alpha value is -1.12. The van der Waals surface area contributed by atoms with Crippen LogP contribution in [-0.2, 0) is 6.42 Å². The predicted octanol–water partition coefficient (Wildman–Crippen LogP) is 5.12. The first-order chi connectivity index (χ1) is 9.47. The first-order valence-electron chi connectivity index (χ1n) is 7.08. The van der Waals surface area contributed by atoms with Gasteiger partial charge in [0.25, 0.3) is 0 Å². The first kappa shape index (κ1) is 15.3. The molecule has 2 N–H and O–H groups in total. The SMILES string of the molecule is Cc1ccc(C(N)Cc2ccc(C(C)C)cc2)c(Br)c1. The summed E-state index contributed by atoms with van der Waals surface area (Å²) in [6, 6.07) is 15.2. The summed E-state index contributed by atoms with van der Waals surface area (Å²) in [6.45, 7) is 6.51. The van der Waals surface area contributed by atoms with E-state index < -0.39 is 0 Å². The van der Waals surface area contributed by atoms with Gasteiger partial charge < -0.3 is 5.73 Å². The highest BCUT2D eigenvalue weighted by Crippen LogP contribution is 2.26. The van der Waals surface area contributed by atoms with Crippen LogP contribution in [0.3, 0.4) is 0 Å². The molecule has 0 bridgehead atoms. The summed E-state index contributed by atoms with van der Waals surface area (Å²) in [4.78, 5) is 0. The fourth-order valence-electron chi connectivity index (χ4n) is 2.34. The molecule has 0 spiro atoms. The van der Waals surface area contributed by atoms with Crippen LogP contribution in [-0.4, -0.2) is 0 Å². The van der Waals surface area contributed by atoms with Crippen molar-refractivity contribution in [1.82, 2.24) is 0 Å². The maximum atomic E-state index is 6.35. The third kappa shape index (κ3) is 3.71. The standard InChI is InChI=1S/C18H22BrN/c1-12(2)15-7-5-14(6-8-15)11-18(20)16-9-4-13(3)10-17(16)19/h4-10,12,18H,11,20H2,1-3H3. The molecule has 2 aromatic carbocycles. The van der Waals surface area contributed by atoms with Gasteiger partial charge in [-0.2, -0.15) is 0 Å². The number of aryl methyl sites for hydroxylation is 1. The molecule has 1 unspecified atom stereocenters. The van der Waals surface area contributed by atoms with E-state index in [2.05, 4.69) is 79.2 Å². The number of benzene rings is 2. The van der Waals surface area contributed by atoms with Gasteiger partial charge in [-0.15, -0.1) is 0 Å². The van der Waals surface area contributed by atoms with Crippen molar-refractivity contribution in [1.29, 1.82) is 0 Å². The zero-order chi connectivity index (χ0) is 14.7. The summed E-state index contributed by atoms with van der Waals surface area (Å²) in [6.07, 6.45) is 0.861. The van der Waals surface area contributed by atoms with Gasteiger partial charge in [0.2, 0.25) is 0 Å². The predicted molar refractivity (Wildman–Crippen MR) is 90.0 cm³/mol. The van der Waals surface area contributed by atoms with E-state index in [1.165, 1.54) is 22.3 Å². The van der Waals surface area contributed by atoms with E-state index in [9.17, 15) is 0 Å². The van der Waals surface area contributed by atoms with E-state index in [1.54, 1.807) is 0 Å². The zero-order valence-electron chi connectivity index (χ0n) is 12.4. The van der Waals surface area contributed by atoms with Gasteiger partial charge in [0, 0.05) is 10.5 Å². The molecule has 0 aliphatic carbocycles. The molecule has 20 heavy (non-hydrogen) atoms. The van der Waals surface area contributed by atoms with Gasteiger partial charge in [0.05, 0.1) is 0 Å². The van der Waals surface area contributed by atoms with Crippen molar-refractivity contribution in [3.05, 3.63) is 69.2 Å². The van der Waals surface area contributed by atoms with Crippen LogP contribution >= 0.6 is 15.9 Å². The summed E-state index contributed by atoms with van der Waals surface area (Å²) in [5.41, 5.74) is 11.4. The second-order valence-electron chi connectivity index (χ2n) is 5.73. The molecular weight excluding hydrogens is 310 g/mol. The maximum Gasteiger partial charge on any atom is 0.0347 e. The van der Waals surface area contributed by atoms with Gasteiger partial charge in [-0.3, -0.25) is 0 Å². The number of halogens is 1. The molecule has 1 atom stereocenters. The molecule has 106 valence electrons. The van der Waals surface area contributed by atoms with Gasteiger partial charge in [-0.1, -0.05) is 66.2 Å². The largest absolute Gasteiger partial charge is 0.324 e. The fraction of sp³-hybridized carbons (Fsp3) is 0.333. The minimum absolute atomic E-state index is 0.0230. The minimum atomic E-state index is 0.0230. The topological polar surface area (TPSA) is 26.0 Å². The quantitative estimate of drug-likeness (QED) is 0.826. The fourth-order valence-corrected chi connectivity index (χ4v) is 3.12. The first-order valence-corrected chi connectivity index (χ1v) is 7.87. The Morgan fingerprint density at radius 1 is 1.05 bits per heavy atom. The lowest BCUT2D eigenvalue weighted by atomic mass is 9.96. The van der Waals surface area contributed by atoms with Crippen LogP contribution in [0.5, 0.6) is 0 Å². The lowest BCUT2D eigenvalue weighted by Crippen LogP contribution is -2.14. The van der Waals surface area contributed by atoms with Crippen LogP contribution in [0.2, 0.25) is 0 Å². The van der Waals surface area contributed by atoms with Crippen molar-refractivity contribution < 1.29 is 0 Å². The molecular formula is C18H22BrN. The Balaban J connectivity index is 2.12. The van der Waals surface area contributed by atoms with Crippen LogP contribution in [0.1, 0.15) is 48.1 Å². The van der Waals surface area contributed by atoms with Crippen LogP contribution in [0, 0.1) is 6.92 Å². The Labute approximate surface area is 130 Å². The number of rotatable bonds is 4. The molecule has 0 radical (unpaired) electrons. The van der Waals surface area contributed by atoms with E-state index in [0.29, 0.717) is 5.92 Å². The summed E-state index contributed by atoms with van der Waals surface area (Å²) in [5.74, 6) is 0.573. The third-order valence-electron chi connectivity index (χ3n) is 3.66. The van der Waals surface area contributed by atoms with Gasteiger partial charge in [0.1, 0.15) is 0 Å². The van der Waals surface area contributed by atoms with Gasteiger partial charge in [-0.25, -0.2) is 0 Å². The van der Waals surface area contributed by atoms with Crippen LogP contribution < -0.4 is 5.73 Å². The highest BCUT2D eigenvalue weighted by molar-refractivity contribution is 9.10. The number of hydrogen-bond donors (Lipinski definition) is 1. The number of hydrogen-bond acceptors (Lipinski definition) is 1. The molecule has 0 aliphatic heterocycles. The normalized spacial score (nSPS) is 12.7. The Morgan fingerprint density at radius 2 is 1.70 bits per heavy atom. The van der Waals surface area contributed by atoms with Crippen LogP contribution in [0.4, 0.5) is 0 Å². The Bertz CT molecular complexity index is 572. The van der Waals surface area contributed by atoms with Crippen molar-refractivity contribution in [2.24, 2.45) is 5.73 Å². The van der Waals surface area contributed by atoms with Crippen LogP contribution in [0.25, 0.3) is 0 Å². The van der Waals surface area contributed by atoms with E-state index in [1.807, 2.05) is 0 Å². The summed E-state index contributed by atoms with van der Waals surface area (Å²) in [7, 11) is 0. The van der Waals surface area contributed by atoms with E-state index >= 15 is 0 Å². The lowest BCUT2D eigenvalue weighted by Gasteiger charge is -2.15. The minimum Gasteiger partial charge on any atom is -0.324 e. The van der Waals surface area contributed by atoms with E-state index in [0.717, 1.165) is 10.9 Å². The molecule has 0 heterocycles. The molecule has 0 fully saturated rings. The molecule has 2 rings (SSSR count). The molecule has 0 amide bonds. The van der Waals surface area contributed by atoms with Crippen molar-refractivity contribution in [2.45, 2.75) is 39.2 Å². The molecule has 2 heteroatoms. The van der Waals surface area contributed by atoms with Crippen molar-refractivity contribution in [3.8, 4) is 0 Å². The zero-order valence-corrected chi connectivity index (χ0v) is 13.9. The van der Waals surface area contributed by atoms with E-state index in [-0.39, 0.29) is 6.04 Å². The molecule has 0 aliphatic rings. The van der Waals surface area contributed by atoms with Crippen molar-refractivity contribution in [2.75, 3.05) is 0 Å². The monoisotopic (exact) mass is 331 g/mol. The highest BCUT2D eigenvalue weighted by Gasteiger charge is 2.11. The van der Waals surface area contributed by atoms with Gasteiger partial charge in [-0.05, 0) is 47.6 Å². The van der Waals surface area contributed by atoms with E-state index in [4.69, 9.17) is 5.73 Å². The Kier molecular flexibility index (Phi) is 5.00. The average molecular weight is 332 g/mol. The second-order valence-corrected chi connectivity index (χ2v) is 6.59. The lowest BCUT2D eigenvalue weighted by molar-refractivity contribution is 0.717. The molecule has 0 aromatic heterocycles. The molecule has 1 nitrogen and oxygen atoms in total. The summed E-state index contributed by atoms with van der Waals surface area (Å²) < 4.78 is 1.10. The highest BCUT2D eigenvalue weighted by atomic mass is 79.9. The number of nitrogens with two attached hydrogens (primary N) is 1. The van der Waals surface area contributed by atoms with Gasteiger partial charge >= 0.3 is 0 Å². The van der Waals surface area contributed by atoms with Crippen molar-refractivity contribution >= 4 is 15.9 Å². The van der Waals surface area contributed by atoms with Crippen LogP contribution in [0.15, 0.2) is 46.9 Å². The average Bonchev–Trinajstić information content (AvgIpc) is 2.39.